The van der Waals surface area contributed by atoms with E-state index in [2.05, 4.69) is 42.6 Å². The van der Waals surface area contributed by atoms with Crippen molar-refractivity contribution in [3.63, 3.8) is 0 Å². The zero-order valence-corrected chi connectivity index (χ0v) is 26.1. The highest BCUT2D eigenvalue weighted by Gasteiger charge is 2.33. The zero-order chi connectivity index (χ0) is 29.5. The number of aryl methyl sites for hydroxylation is 3. The number of ether oxygens (including phenoxy) is 1. The van der Waals surface area contributed by atoms with E-state index in [-0.39, 0.29) is 15.4 Å². The number of fused-ring (bicyclic) bond motifs is 1. The number of methoxy groups -OCH3 is 1. The molecule has 1 aliphatic heterocycles. The van der Waals surface area contributed by atoms with Gasteiger partial charge in [-0.2, -0.15) is 4.31 Å². The lowest BCUT2D eigenvalue weighted by molar-refractivity contribution is 0.180. The summed E-state index contributed by atoms with van der Waals surface area (Å²) in [6.07, 6.45) is 0.951. The first-order valence-electron chi connectivity index (χ1n) is 12.9. The molecule has 0 bridgehead atoms. The number of piperazine rings is 1. The Morgan fingerprint density at radius 1 is 1.20 bits per heavy atom. The third kappa shape index (κ3) is 5.66. The predicted molar refractivity (Wildman–Crippen MR) is 158 cm³/mol. The molecule has 1 saturated heterocycles. The molecule has 4 aromatic rings. The van der Waals surface area contributed by atoms with Crippen LogP contribution in [0.5, 0.6) is 0 Å². The van der Waals surface area contributed by atoms with E-state index in [0.29, 0.717) is 31.9 Å². The minimum absolute atomic E-state index is 0.0565. The van der Waals surface area contributed by atoms with Crippen LogP contribution in [0.25, 0.3) is 21.3 Å². The van der Waals surface area contributed by atoms with Crippen LogP contribution >= 0.6 is 22.7 Å². The summed E-state index contributed by atoms with van der Waals surface area (Å²) in [5.41, 5.74) is 3.98. The second kappa shape index (κ2) is 11.6. The Bertz CT molecular complexity index is 1650. The second-order valence-electron chi connectivity index (χ2n) is 9.90. The van der Waals surface area contributed by atoms with E-state index in [4.69, 9.17) is 9.26 Å². The minimum atomic E-state index is -3.74. The lowest BCUT2D eigenvalue weighted by Crippen LogP contribution is -2.50. The summed E-state index contributed by atoms with van der Waals surface area (Å²) in [4.78, 5) is 28.6. The summed E-state index contributed by atoms with van der Waals surface area (Å²) >= 11 is 2.54. The summed E-state index contributed by atoms with van der Waals surface area (Å²) < 4.78 is 39.5. The predicted octanol–water partition coefficient (Wildman–Crippen LogP) is 3.74. The summed E-state index contributed by atoms with van der Waals surface area (Å²) in [5, 5.41) is 9.93. The molecule has 5 heterocycles. The van der Waals surface area contributed by atoms with Gasteiger partial charge in [0.25, 0.3) is 10.0 Å². The average Bonchev–Trinajstić information content (AvgIpc) is 3.65. The number of amides is 1. The molecular weight excluding hydrogens is 589 g/mol. The summed E-state index contributed by atoms with van der Waals surface area (Å²) in [6, 6.07) is 0.0565. The first-order chi connectivity index (χ1) is 19.5. The standard InChI is InChI=1S/C25H32N8O5S3/c1-14(28-22-21-20(26-13-27-22)18(12-39-21)19-15(2)30-38-17(19)4)11-32-7-9-33(10-8-32)41(35,36)23-16(3)29-24(40-23)31(5)25(34)37-6/h12-14H,7-11H2,1-6H3,(H,26,27,28)/t14-/m0/s1. The number of hydrogen-bond donors (Lipinski definition) is 1. The topological polar surface area (TPSA) is 147 Å². The van der Waals surface area contributed by atoms with Crippen molar-refractivity contribution >= 4 is 60.0 Å². The van der Waals surface area contributed by atoms with Gasteiger partial charge in [-0.05, 0) is 27.7 Å². The minimum Gasteiger partial charge on any atom is -0.452 e. The van der Waals surface area contributed by atoms with Crippen molar-refractivity contribution in [1.82, 2.24) is 29.3 Å². The van der Waals surface area contributed by atoms with Gasteiger partial charge >= 0.3 is 6.09 Å². The van der Waals surface area contributed by atoms with E-state index in [1.54, 1.807) is 24.6 Å². The molecule has 41 heavy (non-hydrogen) atoms. The number of carbonyl (C=O) groups is 1. The molecule has 220 valence electrons. The Morgan fingerprint density at radius 2 is 1.93 bits per heavy atom. The van der Waals surface area contributed by atoms with Crippen molar-refractivity contribution in [3.8, 4) is 11.1 Å². The fourth-order valence-corrected chi connectivity index (χ4v) is 8.88. The molecule has 13 nitrogen and oxygen atoms in total. The van der Waals surface area contributed by atoms with Crippen molar-refractivity contribution in [1.29, 1.82) is 0 Å². The van der Waals surface area contributed by atoms with E-state index in [0.717, 1.165) is 56.5 Å². The lowest BCUT2D eigenvalue weighted by Gasteiger charge is -2.35. The number of nitrogens with zero attached hydrogens (tertiary/aromatic N) is 7. The van der Waals surface area contributed by atoms with Gasteiger partial charge in [-0.3, -0.25) is 9.80 Å². The summed E-state index contributed by atoms with van der Waals surface area (Å²) in [7, 11) is -0.981. The number of sulfonamides is 1. The molecule has 1 fully saturated rings. The molecule has 0 aliphatic carbocycles. The first kappa shape index (κ1) is 29.3. The van der Waals surface area contributed by atoms with Gasteiger partial charge in [-0.25, -0.2) is 28.2 Å². The quantitative estimate of drug-likeness (QED) is 0.307. The average molecular weight is 621 g/mol. The Balaban J connectivity index is 1.22. The highest BCUT2D eigenvalue weighted by Crippen LogP contribution is 2.38. The molecule has 0 saturated carbocycles. The van der Waals surface area contributed by atoms with E-state index in [1.165, 1.54) is 23.4 Å². The number of rotatable bonds is 8. The molecule has 1 aliphatic rings. The van der Waals surface area contributed by atoms with Crippen LogP contribution < -0.4 is 10.2 Å². The van der Waals surface area contributed by atoms with Crippen molar-refractivity contribution in [3.05, 3.63) is 28.9 Å². The van der Waals surface area contributed by atoms with Crippen molar-refractivity contribution in [2.75, 3.05) is 57.1 Å². The fourth-order valence-electron chi connectivity index (χ4n) is 4.90. The van der Waals surface area contributed by atoms with Gasteiger partial charge in [0.15, 0.2) is 9.34 Å². The molecule has 1 atom stereocenters. The van der Waals surface area contributed by atoms with Gasteiger partial charge in [-0.1, -0.05) is 16.5 Å². The van der Waals surface area contributed by atoms with Crippen LogP contribution in [-0.4, -0.2) is 96.7 Å². The van der Waals surface area contributed by atoms with Crippen LogP contribution in [0.2, 0.25) is 0 Å². The molecule has 1 N–H and O–H groups in total. The highest BCUT2D eigenvalue weighted by atomic mass is 32.2. The van der Waals surface area contributed by atoms with E-state index in [9.17, 15) is 13.2 Å². The van der Waals surface area contributed by atoms with Gasteiger partial charge in [0.2, 0.25) is 0 Å². The summed E-state index contributed by atoms with van der Waals surface area (Å²) in [6.45, 7) is 10.1. The maximum absolute atomic E-state index is 13.4. The van der Waals surface area contributed by atoms with Crippen LogP contribution in [0.1, 0.15) is 24.1 Å². The van der Waals surface area contributed by atoms with Crippen LogP contribution in [-0.2, 0) is 14.8 Å². The number of carbonyl (C=O) groups excluding carboxylic acids is 1. The smallest absolute Gasteiger partial charge is 0.415 e. The third-order valence-electron chi connectivity index (χ3n) is 6.96. The van der Waals surface area contributed by atoms with Crippen molar-refractivity contribution in [2.45, 2.75) is 37.9 Å². The zero-order valence-electron chi connectivity index (χ0n) is 23.7. The third-order valence-corrected chi connectivity index (χ3v) is 11.7. The molecule has 16 heteroatoms. The largest absolute Gasteiger partial charge is 0.452 e. The van der Waals surface area contributed by atoms with E-state index < -0.39 is 16.1 Å². The molecule has 0 aromatic carbocycles. The second-order valence-corrected chi connectivity index (χ2v) is 13.9. The van der Waals surface area contributed by atoms with Gasteiger partial charge in [-0.15, -0.1) is 11.3 Å². The van der Waals surface area contributed by atoms with E-state index >= 15 is 0 Å². The number of thiophene rings is 1. The fraction of sp³-hybridized carbons (Fsp3) is 0.480. The molecular formula is C25H32N8O5S3. The van der Waals surface area contributed by atoms with Gasteiger partial charge in [0, 0.05) is 56.8 Å². The van der Waals surface area contributed by atoms with E-state index in [1.807, 2.05) is 13.8 Å². The Kier molecular flexibility index (Phi) is 8.29. The van der Waals surface area contributed by atoms with Crippen molar-refractivity contribution < 1.29 is 22.5 Å². The number of anilines is 2. The van der Waals surface area contributed by atoms with Crippen molar-refractivity contribution in [2.24, 2.45) is 0 Å². The van der Waals surface area contributed by atoms with Crippen LogP contribution in [0.4, 0.5) is 15.7 Å². The highest BCUT2D eigenvalue weighted by molar-refractivity contribution is 7.91. The summed E-state index contributed by atoms with van der Waals surface area (Å²) in [5.74, 6) is 1.52. The first-order valence-corrected chi connectivity index (χ1v) is 16.1. The molecule has 1 amide bonds. The molecule has 4 aromatic heterocycles. The number of hydrogen-bond acceptors (Lipinski definition) is 13. The Morgan fingerprint density at radius 3 is 2.59 bits per heavy atom. The van der Waals surface area contributed by atoms with Crippen LogP contribution in [0.3, 0.4) is 0 Å². The van der Waals surface area contributed by atoms with Gasteiger partial charge in [0.05, 0.1) is 34.3 Å². The Hall–Kier alpha value is -3.18. The normalized spacial score (nSPS) is 15.8. The maximum atomic E-state index is 13.4. The van der Waals surface area contributed by atoms with Crippen LogP contribution in [0.15, 0.2) is 20.4 Å². The number of nitrogens with one attached hydrogen (secondary N) is 1. The molecule has 0 unspecified atom stereocenters. The molecule has 0 radical (unpaired) electrons. The van der Waals surface area contributed by atoms with Crippen LogP contribution in [0, 0.1) is 20.8 Å². The lowest BCUT2D eigenvalue weighted by atomic mass is 10.1. The van der Waals surface area contributed by atoms with Gasteiger partial charge < -0.3 is 14.6 Å². The molecule has 5 rings (SSSR count). The number of thiazole rings is 1. The van der Waals surface area contributed by atoms with Gasteiger partial charge in [0.1, 0.15) is 17.9 Å². The number of aromatic nitrogens is 4. The monoisotopic (exact) mass is 620 g/mol. The molecule has 0 spiro atoms. The Labute approximate surface area is 246 Å². The maximum Gasteiger partial charge on any atom is 0.415 e. The SMILES string of the molecule is COC(=O)N(C)c1nc(C)c(S(=O)(=O)N2CCN(C[C@H](C)Nc3ncnc4c(-c5c(C)noc5C)csc34)CC2)s1.